The average Bonchev–Trinajstić information content (AvgIpc) is 2.91. The van der Waals surface area contributed by atoms with Crippen LogP contribution in [0.15, 0.2) is 16.6 Å². The van der Waals surface area contributed by atoms with E-state index in [9.17, 15) is 10.1 Å². The number of likely N-dealkylation sites (tertiary alicyclic amines) is 1. The lowest BCUT2D eigenvalue weighted by molar-refractivity contribution is -0.385. The predicted octanol–water partition coefficient (Wildman–Crippen LogP) is 3.81. The number of nitrogens with zero attached hydrogens (tertiary/aromatic N) is 2. The van der Waals surface area contributed by atoms with E-state index in [1.54, 1.807) is 13.0 Å². The maximum Gasteiger partial charge on any atom is 0.273 e. The van der Waals surface area contributed by atoms with Gasteiger partial charge >= 0.3 is 0 Å². The Morgan fingerprint density at radius 2 is 2.10 bits per heavy atom. The minimum Gasteiger partial charge on any atom is -0.384 e. The molecule has 0 bridgehead atoms. The van der Waals surface area contributed by atoms with Gasteiger partial charge in [-0.1, -0.05) is 6.92 Å². The molecule has 0 saturated carbocycles. The summed E-state index contributed by atoms with van der Waals surface area (Å²) in [4.78, 5) is 13.1. The van der Waals surface area contributed by atoms with Gasteiger partial charge in [-0.05, 0) is 60.8 Å². The number of benzene rings is 1. The van der Waals surface area contributed by atoms with Crippen molar-refractivity contribution in [3.63, 3.8) is 0 Å². The van der Waals surface area contributed by atoms with Crippen molar-refractivity contribution in [3.8, 4) is 0 Å². The van der Waals surface area contributed by atoms with Crippen LogP contribution in [0.3, 0.4) is 0 Å². The van der Waals surface area contributed by atoms with E-state index >= 15 is 0 Å². The first kappa shape index (κ1) is 16.2. The van der Waals surface area contributed by atoms with Gasteiger partial charge in [0.25, 0.3) is 5.69 Å². The lowest BCUT2D eigenvalue weighted by Gasteiger charge is -2.21. The third-order valence-electron chi connectivity index (χ3n) is 3.89. The summed E-state index contributed by atoms with van der Waals surface area (Å²) in [5.74, 6) is 0.547. The van der Waals surface area contributed by atoms with Gasteiger partial charge in [0.2, 0.25) is 0 Å². The number of hydrogen-bond donors (Lipinski definition) is 1. The highest BCUT2D eigenvalue weighted by atomic mass is 79.9. The molecule has 1 aromatic carbocycles. The minimum atomic E-state index is -0.347. The topological polar surface area (TPSA) is 58.4 Å². The van der Waals surface area contributed by atoms with Crippen molar-refractivity contribution in [3.05, 3.63) is 32.3 Å². The van der Waals surface area contributed by atoms with E-state index in [0.717, 1.165) is 23.2 Å². The summed E-state index contributed by atoms with van der Waals surface area (Å²) in [6.45, 7) is 8.40. The molecule has 1 atom stereocenters. The Labute approximate surface area is 134 Å². The van der Waals surface area contributed by atoms with Gasteiger partial charge in [0.05, 0.1) is 4.92 Å². The van der Waals surface area contributed by atoms with E-state index in [0.29, 0.717) is 11.5 Å². The molecule has 1 aliphatic heterocycles. The Balaban J connectivity index is 1.93. The molecular weight excluding hydrogens is 334 g/mol. The maximum absolute atomic E-state index is 10.9. The van der Waals surface area contributed by atoms with E-state index in [2.05, 4.69) is 33.1 Å². The number of nitro benzene ring substituents is 1. The summed E-state index contributed by atoms with van der Waals surface area (Å²) in [5.41, 5.74) is 1.75. The summed E-state index contributed by atoms with van der Waals surface area (Å²) in [6, 6.07) is 3.41. The van der Waals surface area contributed by atoms with Crippen molar-refractivity contribution in [2.45, 2.75) is 26.7 Å². The molecule has 1 fully saturated rings. The molecule has 2 rings (SSSR count). The van der Waals surface area contributed by atoms with Crippen molar-refractivity contribution >= 4 is 27.3 Å². The molecular formula is C15H22BrN3O2. The molecule has 6 heteroatoms. The van der Waals surface area contributed by atoms with Crippen LogP contribution in [0.25, 0.3) is 0 Å². The number of nitro groups is 1. The summed E-state index contributed by atoms with van der Waals surface area (Å²) in [6.07, 6.45) is 2.63. The second-order valence-electron chi connectivity index (χ2n) is 5.87. The maximum atomic E-state index is 10.9. The highest BCUT2D eigenvalue weighted by molar-refractivity contribution is 9.10. The van der Waals surface area contributed by atoms with E-state index < -0.39 is 0 Å². The number of hydrogen-bond acceptors (Lipinski definition) is 4. The molecule has 21 heavy (non-hydrogen) atoms. The minimum absolute atomic E-state index is 0.151. The summed E-state index contributed by atoms with van der Waals surface area (Å²) >= 11 is 3.41. The smallest absolute Gasteiger partial charge is 0.273 e. The van der Waals surface area contributed by atoms with Crippen LogP contribution in [0.1, 0.15) is 25.3 Å². The van der Waals surface area contributed by atoms with E-state index in [-0.39, 0.29) is 10.6 Å². The van der Waals surface area contributed by atoms with Gasteiger partial charge < -0.3 is 10.2 Å². The Bertz CT molecular complexity index is 516. The highest BCUT2D eigenvalue weighted by Gasteiger charge is 2.16. The molecule has 0 aliphatic carbocycles. The first-order chi connectivity index (χ1) is 9.97. The van der Waals surface area contributed by atoms with Crippen molar-refractivity contribution < 1.29 is 4.92 Å². The number of anilines is 1. The van der Waals surface area contributed by atoms with Crippen LogP contribution in [0.4, 0.5) is 11.4 Å². The normalized spacial score (nSPS) is 16.9. The molecule has 0 aromatic heterocycles. The molecule has 0 amide bonds. The lowest BCUT2D eigenvalue weighted by atomic mass is 10.1. The van der Waals surface area contributed by atoms with E-state index in [4.69, 9.17) is 0 Å². The Hall–Kier alpha value is -1.14. The van der Waals surface area contributed by atoms with Crippen molar-refractivity contribution in [2.24, 2.45) is 5.92 Å². The zero-order valence-corrected chi connectivity index (χ0v) is 14.1. The highest BCUT2D eigenvalue weighted by Crippen LogP contribution is 2.30. The third kappa shape index (κ3) is 4.41. The summed E-state index contributed by atoms with van der Waals surface area (Å²) in [5, 5.41) is 14.3. The SMILES string of the molecule is Cc1cc(NCC(C)CN2CCCC2)c(Br)cc1[N+](=O)[O-]. The molecule has 116 valence electrons. The first-order valence-electron chi connectivity index (χ1n) is 7.38. The second kappa shape index (κ2) is 7.22. The van der Waals surface area contributed by atoms with Crippen LogP contribution in [0.5, 0.6) is 0 Å². The molecule has 5 nitrogen and oxygen atoms in total. The molecule has 1 unspecified atom stereocenters. The quantitative estimate of drug-likeness (QED) is 0.622. The predicted molar refractivity (Wildman–Crippen MR) is 88.9 cm³/mol. The largest absolute Gasteiger partial charge is 0.384 e. The van der Waals surface area contributed by atoms with Crippen molar-refractivity contribution in [1.29, 1.82) is 0 Å². The van der Waals surface area contributed by atoms with Gasteiger partial charge in [-0.2, -0.15) is 0 Å². The molecule has 0 radical (unpaired) electrons. The summed E-state index contributed by atoms with van der Waals surface area (Å²) < 4.78 is 0.744. The fourth-order valence-electron chi connectivity index (χ4n) is 2.76. The number of nitrogens with one attached hydrogen (secondary N) is 1. The molecule has 1 heterocycles. The molecule has 1 aromatic rings. The van der Waals surface area contributed by atoms with Crippen LogP contribution < -0.4 is 5.32 Å². The van der Waals surface area contributed by atoms with Crippen LogP contribution in [0, 0.1) is 23.0 Å². The fraction of sp³-hybridized carbons (Fsp3) is 0.600. The second-order valence-corrected chi connectivity index (χ2v) is 6.72. The monoisotopic (exact) mass is 355 g/mol. The van der Waals surface area contributed by atoms with Crippen molar-refractivity contribution in [2.75, 3.05) is 31.5 Å². The standard InChI is InChI=1S/C15H22BrN3O2/c1-11(10-18-5-3-4-6-18)9-17-14-7-12(2)15(19(20)21)8-13(14)16/h7-8,11,17H,3-6,9-10H2,1-2H3. The fourth-order valence-corrected chi connectivity index (χ4v) is 3.23. The lowest BCUT2D eigenvalue weighted by Crippen LogP contribution is -2.28. The third-order valence-corrected chi connectivity index (χ3v) is 4.55. The zero-order valence-electron chi connectivity index (χ0n) is 12.6. The van der Waals surface area contributed by atoms with Gasteiger partial charge in [0.15, 0.2) is 0 Å². The molecule has 1 aliphatic rings. The van der Waals surface area contributed by atoms with E-state index in [1.165, 1.54) is 25.9 Å². The summed E-state index contributed by atoms with van der Waals surface area (Å²) in [7, 11) is 0. The Morgan fingerprint density at radius 1 is 1.43 bits per heavy atom. The van der Waals surface area contributed by atoms with Gasteiger partial charge in [0.1, 0.15) is 0 Å². The molecule has 1 N–H and O–H groups in total. The van der Waals surface area contributed by atoms with Gasteiger partial charge in [-0.25, -0.2) is 0 Å². The van der Waals surface area contributed by atoms with Gasteiger partial charge in [0, 0.05) is 34.9 Å². The first-order valence-corrected chi connectivity index (χ1v) is 8.17. The van der Waals surface area contributed by atoms with Crippen LogP contribution >= 0.6 is 15.9 Å². The van der Waals surface area contributed by atoms with E-state index in [1.807, 2.05) is 6.07 Å². The van der Waals surface area contributed by atoms with Crippen LogP contribution in [0.2, 0.25) is 0 Å². The Kier molecular flexibility index (Phi) is 5.58. The number of rotatable bonds is 6. The van der Waals surface area contributed by atoms with Crippen LogP contribution in [-0.2, 0) is 0 Å². The zero-order chi connectivity index (χ0) is 15.4. The molecule has 1 saturated heterocycles. The average molecular weight is 356 g/mol. The van der Waals surface area contributed by atoms with Gasteiger partial charge in [-0.15, -0.1) is 0 Å². The number of halogens is 1. The Morgan fingerprint density at radius 3 is 2.71 bits per heavy atom. The van der Waals surface area contributed by atoms with Crippen LogP contribution in [-0.4, -0.2) is 36.0 Å². The molecule has 0 spiro atoms. The van der Waals surface area contributed by atoms with Gasteiger partial charge in [-0.3, -0.25) is 10.1 Å². The number of aryl methyl sites for hydroxylation is 1. The van der Waals surface area contributed by atoms with Crippen molar-refractivity contribution in [1.82, 2.24) is 4.90 Å².